The molecule has 1 saturated heterocycles. The summed E-state index contributed by atoms with van der Waals surface area (Å²) in [4.78, 5) is 19.9. The molecule has 1 amide bonds. The maximum atomic E-state index is 13.6. The Bertz CT molecular complexity index is 1260. The smallest absolute Gasteiger partial charge is 0.268 e. The molecule has 0 bridgehead atoms. The highest BCUT2D eigenvalue weighted by Crippen LogP contribution is 2.38. The molecule has 7 heteroatoms. The van der Waals surface area contributed by atoms with Crippen LogP contribution in [-0.4, -0.2) is 11.1 Å². The van der Waals surface area contributed by atoms with Gasteiger partial charge in [-0.25, -0.2) is 9.38 Å². The Morgan fingerprint density at radius 3 is 2.35 bits per heavy atom. The van der Waals surface area contributed by atoms with Gasteiger partial charge in [0.15, 0.2) is 5.17 Å². The number of anilines is 1. The van der Waals surface area contributed by atoms with Crippen molar-refractivity contribution in [1.29, 1.82) is 0 Å². The number of hydrogen-bond donors (Lipinski definition) is 0. The van der Waals surface area contributed by atoms with E-state index in [-0.39, 0.29) is 11.7 Å². The van der Waals surface area contributed by atoms with Gasteiger partial charge in [-0.05, 0) is 84.8 Å². The number of rotatable bonds is 3. The SMILES string of the molecule is Cc1ccc(N=C2S/C(=C/c3cccc(F)c3)C(=O)N2c2ccc(C)c(Cl)c2)cc1Cl. The van der Waals surface area contributed by atoms with Crippen molar-refractivity contribution in [2.24, 2.45) is 4.99 Å². The number of amides is 1. The van der Waals surface area contributed by atoms with E-state index >= 15 is 0 Å². The van der Waals surface area contributed by atoms with Crippen LogP contribution in [0.3, 0.4) is 0 Å². The lowest BCUT2D eigenvalue weighted by atomic mass is 10.2. The third kappa shape index (κ3) is 4.69. The summed E-state index contributed by atoms with van der Waals surface area (Å²) in [5, 5.41) is 1.61. The zero-order chi connectivity index (χ0) is 22.1. The van der Waals surface area contributed by atoms with Crippen molar-refractivity contribution in [3.05, 3.63) is 98.1 Å². The molecule has 0 saturated carbocycles. The quantitative estimate of drug-likeness (QED) is 0.370. The van der Waals surface area contributed by atoms with Crippen LogP contribution in [0, 0.1) is 19.7 Å². The molecule has 0 aliphatic carbocycles. The molecular weight excluding hydrogens is 454 g/mol. The van der Waals surface area contributed by atoms with Crippen molar-refractivity contribution in [2.75, 3.05) is 4.90 Å². The molecule has 0 atom stereocenters. The highest BCUT2D eigenvalue weighted by molar-refractivity contribution is 8.19. The average Bonchev–Trinajstić information content (AvgIpc) is 3.02. The van der Waals surface area contributed by atoms with Crippen molar-refractivity contribution in [3.8, 4) is 0 Å². The van der Waals surface area contributed by atoms with E-state index in [1.54, 1.807) is 30.3 Å². The molecule has 0 N–H and O–H groups in total. The largest absolute Gasteiger partial charge is 0.271 e. The summed E-state index contributed by atoms with van der Waals surface area (Å²) in [5.74, 6) is -0.624. The van der Waals surface area contributed by atoms with Crippen LogP contribution < -0.4 is 4.90 Å². The van der Waals surface area contributed by atoms with Gasteiger partial charge >= 0.3 is 0 Å². The first-order valence-electron chi connectivity index (χ1n) is 9.42. The molecule has 3 nitrogen and oxygen atoms in total. The monoisotopic (exact) mass is 470 g/mol. The van der Waals surface area contributed by atoms with Gasteiger partial charge in [0.2, 0.25) is 0 Å². The summed E-state index contributed by atoms with van der Waals surface area (Å²) >= 11 is 13.8. The number of hydrogen-bond acceptors (Lipinski definition) is 3. The highest BCUT2D eigenvalue weighted by atomic mass is 35.5. The van der Waals surface area contributed by atoms with Gasteiger partial charge in [0.1, 0.15) is 5.82 Å². The molecule has 1 fully saturated rings. The van der Waals surface area contributed by atoms with Crippen LogP contribution in [0.1, 0.15) is 16.7 Å². The molecule has 3 aromatic carbocycles. The second-order valence-corrected chi connectivity index (χ2v) is 8.89. The number of benzene rings is 3. The van der Waals surface area contributed by atoms with Crippen LogP contribution in [0.5, 0.6) is 0 Å². The zero-order valence-electron chi connectivity index (χ0n) is 16.7. The molecule has 4 rings (SSSR count). The fourth-order valence-electron chi connectivity index (χ4n) is 3.01. The summed E-state index contributed by atoms with van der Waals surface area (Å²) in [5.41, 5.74) is 3.67. The first-order chi connectivity index (χ1) is 14.8. The lowest BCUT2D eigenvalue weighted by Gasteiger charge is -2.16. The van der Waals surface area contributed by atoms with Crippen molar-refractivity contribution in [3.63, 3.8) is 0 Å². The minimum atomic E-state index is -0.366. The summed E-state index contributed by atoms with van der Waals surface area (Å²) < 4.78 is 13.6. The average molecular weight is 471 g/mol. The van der Waals surface area contributed by atoms with Crippen molar-refractivity contribution < 1.29 is 9.18 Å². The number of aryl methyl sites for hydroxylation is 2. The van der Waals surface area contributed by atoms with Crippen LogP contribution in [0.2, 0.25) is 10.0 Å². The third-order valence-corrected chi connectivity index (χ3v) is 6.53. The van der Waals surface area contributed by atoms with Crippen molar-refractivity contribution in [1.82, 2.24) is 0 Å². The summed E-state index contributed by atoms with van der Waals surface area (Å²) in [6, 6.07) is 17.0. The predicted molar refractivity (Wildman–Crippen MR) is 129 cm³/mol. The topological polar surface area (TPSA) is 32.7 Å². The Kier molecular flexibility index (Phi) is 6.19. The lowest BCUT2D eigenvalue weighted by molar-refractivity contribution is -0.113. The summed E-state index contributed by atoms with van der Waals surface area (Å²) in [6.45, 7) is 3.80. The van der Waals surface area contributed by atoms with Crippen LogP contribution in [0.15, 0.2) is 70.6 Å². The number of carbonyl (C=O) groups is 1. The summed E-state index contributed by atoms with van der Waals surface area (Å²) in [6.07, 6.45) is 1.66. The third-order valence-electron chi connectivity index (χ3n) is 4.75. The van der Waals surface area contributed by atoms with Crippen molar-refractivity contribution >= 4 is 63.5 Å². The molecular formula is C24H17Cl2FN2OS. The number of halogens is 3. The van der Waals surface area contributed by atoms with E-state index in [1.165, 1.54) is 28.8 Å². The van der Waals surface area contributed by atoms with Gasteiger partial charge in [-0.2, -0.15) is 0 Å². The van der Waals surface area contributed by atoms with E-state index in [2.05, 4.69) is 4.99 Å². The van der Waals surface area contributed by atoms with Gasteiger partial charge in [-0.1, -0.05) is 47.5 Å². The van der Waals surface area contributed by atoms with E-state index in [4.69, 9.17) is 23.2 Å². The van der Waals surface area contributed by atoms with Crippen LogP contribution in [0.4, 0.5) is 15.8 Å². The molecule has 0 aromatic heterocycles. The number of amidine groups is 1. The molecule has 0 radical (unpaired) electrons. The minimum Gasteiger partial charge on any atom is -0.268 e. The molecule has 1 heterocycles. The van der Waals surface area contributed by atoms with Gasteiger partial charge < -0.3 is 0 Å². The van der Waals surface area contributed by atoms with Crippen LogP contribution in [0.25, 0.3) is 6.08 Å². The summed E-state index contributed by atoms with van der Waals surface area (Å²) in [7, 11) is 0. The van der Waals surface area contributed by atoms with E-state index in [0.29, 0.717) is 37.1 Å². The number of nitrogens with zero attached hydrogens (tertiary/aromatic N) is 2. The minimum absolute atomic E-state index is 0.258. The first kappa shape index (κ1) is 21.6. The fourth-order valence-corrected chi connectivity index (χ4v) is 4.36. The van der Waals surface area contributed by atoms with E-state index in [1.807, 2.05) is 38.1 Å². The van der Waals surface area contributed by atoms with Crippen LogP contribution >= 0.6 is 35.0 Å². The zero-order valence-corrected chi connectivity index (χ0v) is 19.0. The normalized spacial score (nSPS) is 16.5. The molecule has 31 heavy (non-hydrogen) atoms. The number of carbonyl (C=O) groups excluding carboxylic acids is 1. The second-order valence-electron chi connectivity index (χ2n) is 7.07. The maximum absolute atomic E-state index is 13.6. The Labute approximate surface area is 194 Å². The van der Waals surface area contributed by atoms with Crippen LogP contribution in [-0.2, 0) is 4.79 Å². The molecule has 1 aliphatic heterocycles. The molecule has 1 aliphatic rings. The second kappa shape index (κ2) is 8.87. The number of aliphatic imine (C=N–C) groups is 1. The van der Waals surface area contributed by atoms with E-state index in [9.17, 15) is 9.18 Å². The fraction of sp³-hybridized carbons (Fsp3) is 0.0833. The highest BCUT2D eigenvalue weighted by Gasteiger charge is 2.35. The predicted octanol–water partition coefficient (Wildman–Crippen LogP) is 7.56. The van der Waals surface area contributed by atoms with Gasteiger partial charge in [-0.15, -0.1) is 0 Å². The standard InChI is InChI=1S/C24H17Cl2FN2OS/c1-14-6-8-18(12-20(14)25)28-24-29(19-9-7-15(2)21(26)13-19)23(30)22(31-24)11-16-4-3-5-17(27)10-16/h3-13H,1-2H3/b22-11+,28-24?. The van der Waals surface area contributed by atoms with Gasteiger partial charge in [0.25, 0.3) is 5.91 Å². The van der Waals surface area contributed by atoms with E-state index < -0.39 is 0 Å². The van der Waals surface area contributed by atoms with Gasteiger partial charge in [-0.3, -0.25) is 9.69 Å². The molecule has 156 valence electrons. The molecule has 3 aromatic rings. The van der Waals surface area contributed by atoms with Gasteiger partial charge in [0.05, 0.1) is 16.3 Å². The van der Waals surface area contributed by atoms with Crippen molar-refractivity contribution in [2.45, 2.75) is 13.8 Å². The first-order valence-corrected chi connectivity index (χ1v) is 11.0. The molecule has 0 spiro atoms. The maximum Gasteiger partial charge on any atom is 0.271 e. The molecule has 0 unspecified atom stereocenters. The Morgan fingerprint density at radius 1 is 0.968 bits per heavy atom. The lowest BCUT2D eigenvalue weighted by Crippen LogP contribution is -2.28. The number of thioether (sulfide) groups is 1. The van der Waals surface area contributed by atoms with Gasteiger partial charge in [0, 0.05) is 10.0 Å². The Hall–Kier alpha value is -2.60. The van der Waals surface area contributed by atoms with E-state index in [0.717, 1.165) is 11.1 Å². The Balaban J connectivity index is 1.81. The Morgan fingerprint density at radius 2 is 1.68 bits per heavy atom.